The molecule has 0 aromatic heterocycles. The summed E-state index contributed by atoms with van der Waals surface area (Å²) in [7, 11) is 0. The lowest BCUT2D eigenvalue weighted by Gasteiger charge is -2.10. The quantitative estimate of drug-likeness (QED) is 0.306. The Hall–Kier alpha value is -2.46. The Bertz CT molecular complexity index is 625. The van der Waals surface area contributed by atoms with E-state index in [0.29, 0.717) is 16.9 Å². The van der Waals surface area contributed by atoms with Gasteiger partial charge in [0, 0.05) is 11.3 Å². The van der Waals surface area contributed by atoms with E-state index < -0.39 is 0 Å². The molecule has 1 aromatic rings. The first-order valence-corrected chi connectivity index (χ1v) is 8.42. The van der Waals surface area contributed by atoms with Gasteiger partial charge in [-0.05, 0) is 18.6 Å². The number of terminal acetylenes is 1. The van der Waals surface area contributed by atoms with Crippen LogP contribution in [0.15, 0.2) is 29.2 Å². The fourth-order valence-corrected chi connectivity index (χ4v) is 2.49. The topological polar surface area (TPSA) is 84.5 Å². The van der Waals surface area contributed by atoms with Crippen LogP contribution in [0.3, 0.4) is 0 Å². The van der Waals surface area contributed by atoms with Crippen molar-refractivity contribution < 1.29 is 19.1 Å². The first-order chi connectivity index (χ1) is 11.6. The zero-order valence-corrected chi connectivity index (χ0v) is 14.3. The Balaban J connectivity index is 2.55. The van der Waals surface area contributed by atoms with Crippen LogP contribution in [0, 0.1) is 12.3 Å². The first-order valence-electron chi connectivity index (χ1n) is 7.44. The van der Waals surface area contributed by atoms with Crippen molar-refractivity contribution in [2.45, 2.75) is 24.7 Å². The highest BCUT2D eigenvalue weighted by molar-refractivity contribution is 7.99. The molecule has 0 fully saturated rings. The number of carbonyl (C=O) groups is 3. The maximum Gasteiger partial charge on any atom is 0.306 e. The van der Waals surface area contributed by atoms with Crippen molar-refractivity contribution in [3.63, 3.8) is 0 Å². The second-order valence-corrected chi connectivity index (χ2v) is 5.65. The van der Waals surface area contributed by atoms with Crippen LogP contribution < -0.4 is 10.6 Å². The van der Waals surface area contributed by atoms with E-state index in [1.807, 2.05) is 6.92 Å². The van der Waals surface area contributed by atoms with Crippen LogP contribution in [0.5, 0.6) is 0 Å². The van der Waals surface area contributed by atoms with Crippen LogP contribution in [0.1, 0.15) is 30.1 Å². The van der Waals surface area contributed by atoms with Gasteiger partial charge in [-0.25, -0.2) is 0 Å². The molecule has 0 radical (unpaired) electrons. The molecule has 0 saturated carbocycles. The molecule has 0 aliphatic rings. The molecule has 0 spiro atoms. The van der Waals surface area contributed by atoms with Crippen molar-refractivity contribution in [2.75, 3.05) is 19.0 Å². The number of esters is 1. The number of thioether (sulfide) groups is 1. The zero-order chi connectivity index (χ0) is 17.8. The molecule has 0 saturated heterocycles. The largest absolute Gasteiger partial charge is 0.454 e. The van der Waals surface area contributed by atoms with Gasteiger partial charge in [0.2, 0.25) is 5.91 Å². The average molecular weight is 348 g/mol. The molecule has 2 N–H and O–H groups in total. The summed E-state index contributed by atoms with van der Waals surface area (Å²) < 4.78 is 5.07. The SMILES string of the molecule is C#CCNC(=O)CNC(=O)c1ccccc1SCOC(=O)CCC. The standard InChI is InChI=1S/C17H20N2O4S/c1-3-7-16(21)23-12-24-14-9-6-5-8-13(14)17(22)19-11-15(20)18-10-4-2/h2,5-6,8-9H,3,7,10-12H2,1H3,(H,18,20)(H,19,22). The molecular weight excluding hydrogens is 328 g/mol. The highest BCUT2D eigenvalue weighted by Crippen LogP contribution is 2.22. The van der Waals surface area contributed by atoms with Crippen LogP contribution in [0.4, 0.5) is 0 Å². The van der Waals surface area contributed by atoms with E-state index >= 15 is 0 Å². The van der Waals surface area contributed by atoms with Gasteiger partial charge >= 0.3 is 5.97 Å². The third kappa shape index (κ3) is 7.20. The van der Waals surface area contributed by atoms with Gasteiger partial charge in [0.15, 0.2) is 0 Å². The molecule has 0 aliphatic heterocycles. The van der Waals surface area contributed by atoms with Crippen molar-refractivity contribution in [2.24, 2.45) is 0 Å². The van der Waals surface area contributed by atoms with Gasteiger partial charge in [-0.15, -0.1) is 6.42 Å². The molecule has 0 unspecified atom stereocenters. The predicted molar refractivity (Wildman–Crippen MR) is 92.3 cm³/mol. The van der Waals surface area contributed by atoms with E-state index in [2.05, 4.69) is 16.6 Å². The molecule has 1 rings (SSSR count). The van der Waals surface area contributed by atoms with Crippen LogP contribution in [0.2, 0.25) is 0 Å². The van der Waals surface area contributed by atoms with E-state index in [-0.39, 0.29) is 36.8 Å². The van der Waals surface area contributed by atoms with Crippen molar-refractivity contribution in [3.8, 4) is 12.3 Å². The number of benzene rings is 1. The molecule has 1 aromatic carbocycles. The lowest BCUT2D eigenvalue weighted by Crippen LogP contribution is -2.37. The summed E-state index contributed by atoms with van der Waals surface area (Å²) in [6, 6.07) is 6.91. The van der Waals surface area contributed by atoms with Gasteiger partial charge in [-0.1, -0.05) is 36.7 Å². The minimum atomic E-state index is -0.381. The van der Waals surface area contributed by atoms with Gasteiger partial charge in [-0.3, -0.25) is 14.4 Å². The minimum absolute atomic E-state index is 0.115. The Morgan fingerprint density at radius 3 is 2.71 bits per heavy atom. The Labute approximate surface area is 145 Å². The van der Waals surface area contributed by atoms with Crippen LogP contribution in [-0.2, 0) is 14.3 Å². The fraction of sp³-hybridized carbons (Fsp3) is 0.353. The zero-order valence-electron chi connectivity index (χ0n) is 13.5. The number of hydrogen-bond acceptors (Lipinski definition) is 5. The maximum atomic E-state index is 12.2. The van der Waals surface area contributed by atoms with E-state index in [1.165, 1.54) is 11.8 Å². The minimum Gasteiger partial charge on any atom is -0.454 e. The van der Waals surface area contributed by atoms with Crippen molar-refractivity contribution in [3.05, 3.63) is 29.8 Å². The number of ether oxygens (including phenoxy) is 1. The number of hydrogen-bond donors (Lipinski definition) is 2. The monoisotopic (exact) mass is 348 g/mol. The first kappa shape index (κ1) is 19.6. The van der Waals surface area contributed by atoms with Crippen molar-refractivity contribution in [1.82, 2.24) is 10.6 Å². The fourth-order valence-electron chi connectivity index (χ4n) is 1.68. The summed E-state index contributed by atoms with van der Waals surface area (Å²) in [5.74, 6) is 1.40. The van der Waals surface area contributed by atoms with Gasteiger partial charge in [0.1, 0.15) is 5.94 Å². The van der Waals surface area contributed by atoms with Gasteiger partial charge in [0.05, 0.1) is 18.7 Å². The summed E-state index contributed by atoms with van der Waals surface area (Å²) in [6.07, 6.45) is 6.14. The molecule has 0 atom stereocenters. The molecular formula is C17H20N2O4S. The van der Waals surface area contributed by atoms with E-state index in [4.69, 9.17) is 11.2 Å². The summed E-state index contributed by atoms with van der Waals surface area (Å²) in [6.45, 7) is 1.85. The second-order valence-electron chi connectivity index (χ2n) is 4.69. The molecule has 0 heterocycles. The van der Waals surface area contributed by atoms with Crippen LogP contribution in [-0.4, -0.2) is 36.8 Å². The third-order valence-electron chi connectivity index (χ3n) is 2.82. The maximum absolute atomic E-state index is 12.2. The summed E-state index contributed by atoms with van der Waals surface area (Å²) >= 11 is 1.25. The number of nitrogens with one attached hydrogen (secondary N) is 2. The van der Waals surface area contributed by atoms with Crippen LogP contribution >= 0.6 is 11.8 Å². The normalized spacial score (nSPS) is 9.67. The summed E-state index contributed by atoms with van der Waals surface area (Å²) in [4.78, 5) is 35.7. The van der Waals surface area contributed by atoms with Gasteiger partial charge in [-0.2, -0.15) is 0 Å². The molecule has 24 heavy (non-hydrogen) atoms. The predicted octanol–water partition coefficient (Wildman–Crippen LogP) is 1.56. The summed E-state index contributed by atoms with van der Waals surface area (Å²) in [5, 5.41) is 4.99. The highest BCUT2D eigenvalue weighted by atomic mass is 32.2. The van der Waals surface area contributed by atoms with Gasteiger partial charge in [0.25, 0.3) is 5.91 Å². The molecule has 7 heteroatoms. The Morgan fingerprint density at radius 1 is 1.25 bits per heavy atom. The highest BCUT2D eigenvalue weighted by Gasteiger charge is 2.13. The van der Waals surface area contributed by atoms with E-state index in [0.717, 1.165) is 6.42 Å². The van der Waals surface area contributed by atoms with E-state index in [1.54, 1.807) is 24.3 Å². The summed E-state index contributed by atoms with van der Waals surface area (Å²) in [5.41, 5.74) is 0.416. The average Bonchev–Trinajstić information content (AvgIpc) is 2.58. The molecule has 0 aliphatic carbocycles. The number of amides is 2. The Kier molecular flexibility index (Phi) is 9.09. The van der Waals surface area contributed by atoms with Gasteiger partial charge < -0.3 is 15.4 Å². The molecule has 0 bridgehead atoms. The lowest BCUT2D eigenvalue weighted by atomic mass is 10.2. The molecule has 2 amide bonds. The van der Waals surface area contributed by atoms with Crippen molar-refractivity contribution in [1.29, 1.82) is 0 Å². The van der Waals surface area contributed by atoms with E-state index in [9.17, 15) is 14.4 Å². The Morgan fingerprint density at radius 2 is 2.00 bits per heavy atom. The third-order valence-corrected chi connectivity index (χ3v) is 3.72. The molecule has 6 nitrogen and oxygen atoms in total. The second kappa shape index (κ2) is 11.1. The number of rotatable bonds is 9. The smallest absolute Gasteiger partial charge is 0.306 e. The van der Waals surface area contributed by atoms with Crippen LogP contribution in [0.25, 0.3) is 0 Å². The molecule has 128 valence electrons. The number of carbonyl (C=O) groups excluding carboxylic acids is 3. The van der Waals surface area contributed by atoms with Crippen molar-refractivity contribution >= 4 is 29.5 Å². The lowest BCUT2D eigenvalue weighted by molar-refractivity contribution is -0.141.